The van der Waals surface area contributed by atoms with E-state index >= 15 is 0 Å². The third-order valence-electron chi connectivity index (χ3n) is 3.92. The molecule has 2 N–H and O–H groups in total. The summed E-state index contributed by atoms with van der Waals surface area (Å²) in [7, 11) is -2.03. The second-order valence-corrected chi connectivity index (χ2v) is 8.03. The van der Waals surface area contributed by atoms with Crippen molar-refractivity contribution < 1.29 is 22.7 Å². The summed E-state index contributed by atoms with van der Waals surface area (Å²) in [5.41, 5.74) is 1.54. The Kier molecular flexibility index (Phi) is 8.87. The molecule has 0 bridgehead atoms. The lowest BCUT2D eigenvalue weighted by atomic mass is 10.2. The van der Waals surface area contributed by atoms with E-state index in [9.17, 15) is 13.2 Å². The van der Waals surface area contributed by atoms with Gasteiger partial charge >= 0.3 is 0 Å². The molecule has 0 spiro atoms. The standard InChI is InChI=1S/C21H23N3O5S/c1-28-20-15-17(7-9-19(20)29-13-11-22)8-10-21(25)23-12-14-30(26,27)24-16-18-5-3-2-4-6-18/h2-10,15,24H,12-14,16H2,1H3,(H,23,25)/b10-8+. The van der Waals surface area contributed by atoms with Crippen LogP contribution >= 0.6 is 0 Å². The highest BCUT2D eigenvalue weighted by Crippen LogP contribution is 2.28. The van der Waals surface area contributed by atoms with Gasteiger partial charge in [0.25, 0.3) is 0 Å². The molecule has 0 radical (unpaired) electrons. The minimum Gasteiger partial charge on any atom is -0.493 e. The number of rotatable bonds is 11. The summed E-state index contributed by atoms with van der Waals surface area (Å²) < 4.78 is 37.0. The third-order valence-corrected chi connectivity index (χ3v) is 5.24. The van der Waals surface area contributed by atoms with Crippen LogP contribution in [0.5, 0.6) is 11.5 Å². The van der Waals surface area contributed by atoms with E-state index in [-0.39, 0.29) is 25.4 Å². The third kappa shape index (κ3) is 7.95. The molecular formula is C21H23N3O5S. The van der Waals surface area contributed by atoms with Gasteiger partial charge < -0.3 is 14.8 Å². The van der Waals surface area contributed by atoms with Crippen LogP contribution in [0, 0.1) is 11.3 Å². The summed E-state index contributed by atoms with van der Waals surface area (Å²) in [6, 6.07) is 16.1. The topological polar surface area (TPSA) is 118 Å². The Morgan fingerprint density at radius 2 is 1.93 bits per heavy atom. The van der Waals surface area contributed by atoms with Crippen LogP contribution in [-0.2, 0) is 21.4 Å². The molecule has 0 aliphatic rings. The Labute approximate surface area is 176 Å². The number of ether oxygens (including phenoxy) is 2. The van der Waals surface area contributed by atoms with Crippen molar-refractivity contribution in [2.45, 2.75) is 6.54 Å². The number of carbonyl (C=O) groups is 1. The second-order valence-electron chi connectivity index (χ2n) is 6.11. The molecule has 2 aromatic rings. The van der Waals surface area contributed by atoms with Crippen molar-refractivity contribution in [1.29, 1.82) is 5.26 Å². The fourth-order valence-corrected chi connectivity index (χ4v) is 3.32. The number of methoxy groups -OCH3 is 1. The summed E-state index contributed by atoms with van der Waals surface area (Å²) in [6.45, 7) is 0.0849. The van der Waals surface area contributed by atoms with Gasteiger partial charge in [-0.25, -0.2) is 13.1 Å². The van der Waals surface area contributed by atoms with Crippen molar-refractivity contribution in [3.8, 4) is 17.6 Å². The Morgan fingerprint density at radius 1 is 1.17 bits per heavy atom. The molecule has 30 heavy (non-hydrogen) atoms. The number of hydrogen-bond acceptors (Lipinski definition) is 6. The monoisotopic (exact) mass is 429 g/mol. The number of amides is 1. The molecular weight excluding hydrogens is 406 g/mol. The highest BCUT2D eigenvalue weighted by molar-refractivity contribution is 7.89. The average molecular weight is 429 g/mol. The summed E-state index contributed by atoms with van der Waals surface area (Å²) >= 11 is 0. The molecule has 0 aliphatic heterocycles. The Hall–Kier alpha value is -3.35. The van der Waals surface area contributed by atoms with E-state index in [0.29, 0.717) is 17.1 Å². The van der Waals surface area contributed by atoms with Crippen LogP contribution in [-0.4, -0.2) is 40.3 Å². The number of nitrogens with zero attached hydrogens (tertiary/aromatic N) is 1. The smallest absolute Gasteiger partial charge is 0.244 e. The summed E-state index contributed by atoms with van der Waals surface area (Å²) in [5, 5.41) is 11.1. The van der Waals surface area contributed by atoms with E-state index in [1.54, 1.807) is 24.3 Å². The van der Waals surface area contributed by atoms with E-state index < -0.39 is 15.9 Å². The van der Waals surface area contributed by atoms with Crippen LogP contribution in [0.3, 0.4) is 0 Å². The first-order valence-corrected chi connectivity index (χ1v) is 10.7. The normalized spacial score (nSPS) is 11.1. The highest BCUT2D eigenvalue weighted by Gasteiger charge is 2.10. The fraction of sp³-hybridized carbons (Fsp3) is 0.238. The van der Waals surface area contributed by atoms with Crippen LogP contribution in [0.25, 0.3) is 6.08 Å². The molecule has 0 saturated heterocycles. The molecule has 2 rings (SSSR count). The van der Waals surface area contributed by atoms with Crippen LogP contribution in [0.15, 0.2) is 54.6 Å². The number of carbonyl (C=O) groups excluding carboxylic acids is 1. The quantitative estimate of drug-likeness (QED) is 0.527. The number of sulfonamides is 1. The lowest BCUT2D eigenvalue weighted by Crippen LogP contribution is -2.33. The largest absolute Gasteiger partial charge is 0.493 e. The van der Waals surface area contributed by atoms with Crippen molar-refractivity contribution in [1.82, 2.24) is 10.0 Å². The molecule has 8 nitrogen and oxygen atoms in total. The lowest BCUT2D eigenvalue weighted by Gasteiger charge is -2.09. The zero-order chi connectivity index (χ0) is 21.8. The van der Waals surface area contributed by atoms with Crippen LogP contribution in [0.1, 0.15) is 11.1 Å². The van der Waals surface area contributed by atoms with Crippen molar-refractivity contribution in [3.05, 3.63) is 65.7 Å². The first-order chi connectivity index (χ1) is 14.4. The minimum absolute atomic E-state index is 0.0163. The Bertz CT molecular complexity index is 1010. The van der Waals surface area contributed by atoms with Gasteiger partial charge in [-0.05, 0) is 29.3 Å². The summed E-state index contributed by atoms with van der Waals surface area (Å²) in [4.78, 5) is 11.9. The molecule has 0 aromatic heterocycles. The number of hydrogen-bond donors (Lipinski definition) is 2. The molecule has 0 heterocycles. The van der Waals surface area contributed by atoms with E-state index in [1.165, 1.54) is 13.2 Å². The van der Waals surface area contributed by atoms with Crippen molar-refractivity contribution in [2.75, 3.05) is 26.0 Å². The van der Waals surface area contributed by atoms with Gasteiger partial charge in [0.15, 0.2) is 18.1 Å². The van der Waals surface area contributed by atoms with Crippen molar-refractivity contribution in [2.24, 2.45) is 0 Å². The lowest BCUT2D eigenvalue weighted by molar-refractivity contribution is -0.116. The predicted octanol–water partition coefficient (Wildman–Crippen LogP) is 1.85. The molecule has 0 unspecified atom stereocenters. The maximum Gasteiger partial charge on any atom is 0.244 e. The average Bonchev–Trinajstić information content (AvgIpc) is 2.75. The van der Waals surface area contributed by atoms with Gasteiger partial charge in [-0.15, -0.1) is 0 Å². The van der Waals surface area contributed by atoms with Gasteiger partial charge in [0.1, 0.15) is 6.07 Å². The maximum atomic E-state index is 12.0. The number of nitrogens with one attached hydrogen (secondary N) is 2. The van der Waals surface area contributed by atoms with E-state index in [4.69, 9.17) is 14.7 Å². The van der Waals surface area contributed by atoms with Gasteiger partial charge in [-0.2, -0.15) is 5.26 Å². The predicted molar refractivity (Wildman–Crippen MR) is 113 cm³/mol. The van der Waals surface area contributed by atoms with Crippen LogP contribution in [0.2, 0.25) is 0 Å². The second kappa shape index (κ2) is 11.6. The Balaban J connectivity index is 1.81. The Morgan fingerprint density at radius 3 is 2.63 bits per heavy atom. The van der Waals surface area contributed by atoms with E-state index in [1.807, 2.05) is 36.4 Å². The van der Waals surface area contributed by atoms with E-state index in [2.05, 4.69) is 10.0 Å². The molecule has 0 atom stereocenters. The first kappa shape index (κ1) is 22.9. The van der Waals surface area contributed by atoms with Crippen molar-refractivity contribution >= 4 is 22.0 Å². The number of nitriles is 1. The van der Waals surface area contributed by atoms with E-state index in [0.717, 1.165) is 5.56 Å². The van der Waals surface area contributed by atoms with Crippen LogP contribution in [0.4, 0.5) is 0 Å². The van der Waals surface area contributed by atoms with Gasteiger partial charge in [0, 0.05) is 19.2 Å². The molecule has 0 fully saturated rings. The van der Waals surface area contributed by atoms with Gasteiger partial charge in [-0.1, -0.05) is 36.4 Å². The number of benzene rings is 2. The summed E-state index contributed by atoms with van der Waals surface area (Å²) in [6.07, 6.45) is 2.86. The van der Waals surface area contributed by atoms with Gasteiger partial charge in [-0.3, -0.25) is 4.79 Å². The fourth-order valence-electron chi connectivity index (χ4n) is 2.42. The first-order valence-electron chi connectivity index (χ1n) is 9.08. The molecule has 0 saturated carbocycles. The molecule has 2 aromatic carbocycles. The highest BCUT2D eigenvalue weighted by atomic mass is 32.2. The zero-order valence-corrected chi connectivity index (χ0v) is 17.3. The maximum absolute atomic E-state index is 12.0. The van der Waals surface area contributed by atoms with Crippen molar-refractivity contribution in [3.63, 3.8) is 0 Å². The molecule has 0 aliphatic carbocycles. The molecule has 9 heteroatoms. The molecule has 1 amide bonds. The summed E-state index contributed by atoms with van der Waals surface area (Å²) in [5.74, 6) is 0.215. The minimum atomic E-state index is -3.51. The zero-order valence-electron chi connectivity index (χ0n) is 16.5. The molecule has 158 valence electrons. The van der Waals surface area contributed by atoms with Gasteiger partial charge in [0.2, 0.25) is 15.9 Å². The van der Waals surface area contributed by atoms with Gasteiger partial charge in [0.05, 0.1) is 12.9 Å². The van der Waals surface area contributed by atoms with Crippen LogP contribution < -0.4 is 19.5 Å². The SMILES string of the molecule is COc1cc(/C=C/C(=O)NCCS(=O)(=O)NCc2ccccc2)ccc1OCC#N.